The smallest absolute Gasteiger partial charge is 0.142 e. The second-order valence-electron chi connectivity index (χ2n) is 5.01. The molecule has 1 heterocycles. The highest BCUT2D eigenvalue weighted by molar-refractivity contribution is 5.79. The Bertz CT molecular complexity index is 695. The molecule has 1 aliphatic carbocycles. The number of hydrogen-bond donors (Lipinski definition) is 1. The normalized spacial score (nSPS) is 13.1. The average Bonchev–Trinajstić information content (AvgIpc) is 2.84. The SMILES string of the molecule is Cc1cccc(-c2c(C#N)c(N)nc3c2CCC3)c1. The van der Waals surface area contributed by atoms with Crippen LogP contribution in [-0.4, -0.2) is 4.98 Å². The summed E-state index contributed by atoms with van der Waals surface area (Å²) < 4.78 is 0. The molecule has 1 aliphatic rings. The van der Waals surface area contributed by atoms with Crippen molar-refractivity contribution in [1.29, 1.82) is 5.26 Å². The van der Waals surface area contributed by atoms with Crippen molar-refractivity contribution in [2.45, 2.75) is 26.2 Å². The lowest BCUT2D eigenvalue weighted by Gasteiger charge is -2.13. The summed E-state index contributed by atoms with van der Waals surface area (Å²) in [5, 5.41) is 9.39. The number of aromatic nitrogens is 1. The molecule has 1 aromatic heterocycles. The van der Waals surface area contributed by atoms with Crippen LogP contribution in [0, 0.1) is 18.3 Å². The van der Waals surface area contributed by atoms with Gasteiger partial charge in [0.15, 0.2) is 0 Å². The van der Waals surface area contributed by atoms with Crippen molar-refractivity contribution < 1.29 is 0 Å². The van der Waals surface area contributed by atoms with E-state index in [1.165, 1.54) is 11.1 Å². The number of nitrogen functional groups attached to an aromatic ring is 1. The zero-order valence-corrected chi connectivity index (χ0v) is 10.9. The minimum absolute atomic E-state index is 0.361. The number of rotatable bonds is 1. The van der Waals surface area contributed by atoms with E-state index >= 15 is 0 Å². The fourth-order valence-corrected chi connectivity index (χ4v) is 2.83. The first kappa shape index (κ1) is 11.7. The lowest BCUT2D eigenvalue weighted by Crippen LogP contribution is -2.03. The first-order valence-corrected chi connectivity index (χ1v) is 6.49. The third kappa shape index (κ3) is 1.86. The molecule has 3 rings (SSSR count). The van der Waals surface area contributed by atoms with E-state index in [1.807, 2.05) is 12.1 Å². The Labute approximate surface area is 112 Å². The van der Waals surface area contributed by atoms with Gasteiger partial charge in [-0.3, -0.25) is 0 Å². The molecule has 0 aliphatic heterocycles. The minimum Gasteiger partial charge on any atom is -0.383 e. The van der Waals surface area contributed by atoms with Crippen molar-refractivity contribution in [3.8, 4) is 17.2 Å². The van der Waals surface area contributed by atoms with E-state index in [1.54, 1.807) is 0 Å². The number of anilines is 1. The molecule has 0 bridgehead atoms. The molecule has 0 spiro atoms. The highest BCUT2D eigenvalue weighted by Gasteiger charge is 2.22. The van der Waals surface area contributed by atoms with E-state index in [0.29, 0.717) is 11.4 Å². The summed E-state index contributed by atoms with van der Waals surface area (Å²) in [5.74, 6) is 0.361. The van der Waals surface area contributed by atoms with Crippen LogP contribution in [-0.2, 0) is 12.8 Å². The Morgan fingerprint density at radius 3 is 2.89 bits per heavy atom. The second kappa shape index (κ2) is 4.40. The monoisotopic (exact) mass is 249 g/mol. The molecule has 3 nitrogen and oxygen atoms in total. The highest BCUT2D eigenvalue weighted by Crippen LogP contribution is 2.36. The van der Waals surface area contributed by atoms with Gasteiger partial charge in [-0.15, -0.1) is 0 Å². The van der Waals surface area contributed by atoms with Gasteiger partial charge >= 0.3 is 0 Å². The maximum absolute atomic E-state index is 9.39. The third-order valence-electron chi connectivity index (χ3n) is 3.67. The number of nitrogens with zero attached hydrogens (tertiary/aromatic N) is 2. The summed E-state index contributed by atoms with van der Waals surface area (Å²) in [4.78, 5) is 4.39. The predicted molar refractivity (Wildman–Crippen MR) is 75.6 cm³/mol. The average molecular weight is 249 g/mol. The van der Waals surface area contributed by atoms with Crippen LogP contribution in [0.3, 0.4) is 0 Å². The number of nitriles is 1. The van der Waals surface area contributed by atoms with E-state index in [9.17, 15) is 5.26 Å². The molecule has 1 aromatic carbocycles. The Hall–Kier alpha value is -2.34. The standard InChI is InChI=1S/C16H15N3/c1-10-4-2-5-11(8-10)15-12-6-3-7-14(12)19-16(18)13(15)9-17/h2,4-5,8H,3,6-7H2,1H3,(H2,18,19). The molecule has 19 heavy (non-hydrogen) atoms. The molecule has 0 fully saturated rings. The van der Waals surface area contributed by atoms with Gasteiger partial charge < -0.3 is 5.73 Å². The molecule has 0 saturated carbocycles. The zero-order chi connectivity index (χ0) is 13.4. The molecule has 0 radical (unpaired) electrons. The number of fused-ring (bicyclic) bond motifs is 1. The Morgan fingerprint density at radius 2 is 2.16 bits per heavy atom. The van der Waals surface area contributed by atoms with Crippen molar-refractivity contribution in [2.75, 3.05) is 5.73 Å². The van der Waals surface area contributed by atoms with E-state index < -0.39 is 0 Å². The van der Waals surface area contributed by atoms with Gasteiger partial charge in [0.05, 0.1) is 0 Å². The van der Waals surface area contributed by atoms with E-state index in [0.717, 1.165) is 36.1 Å². The number of hydrogen-bond acceptors (Lipinski definition) is 3. The van der Waals surface area contributed by atoms with Crippen LogP contribution >= 0.6 is 0 Å². The third-order valence-corrected chi connectivity index (χ3v) is 3.67. The van der Waals surface area contributed by atoms with Crippen LogP contribution in [0.2, 0.25) is 0 Å². The molecule has 0 amide bonds. The number of aryl methyl sites for hydroxylation is 2. The molecular formula is C16H15N3. The lowest BCUT2D eigenvalue weighted by molar-refractivity contribution is 0.900. The van der Waals surface area contributed by atoms with Crippen molar-refractivity contribution in [3.05, 3.63) is 46.6 Å². The van der Waals surface area contributed by atoms with Crippen molar-refractivity contribution in [2.24, 2.45) is 0 Å². The van der Waals surface area contributed by atoms with Gasteiger partial charge in [0.25, 0.3) is 0 Å². The first-order valence-electron chi connectivity index (χ1n) is 6.49. The summed E-state index contributed by atoms with van der Waals surface area (Å²) >= 11 is 0. The molecule has 2 N–H and O–H groups in total. The Kier molecular flexibility index (Phi) is 2.72. The van der Waals surface area contributed by atoms with Crippen molar-refractivity contribution in [1.82, 2.24) is 4.98 Å². The molecule has 94 valence electrons. The largest absolute Gasteiger partial charge is 0.383 e. The second-order valence-corrected chi connectivity index (χ2v) is 5.01. The van der Waals surface area contributed by atoms with Crippen molar-refractivity contribution >= 4 is 5.82 Å². The van der Waals surface area contributed by atoms with Crippen LogP contribution < -0.4 is 5.73 Å². The first-order chi connectivity index (χ1) is 9.20. The van der Waals surface area contributed by atoms with E-state index in [4.69, 9.17) is 5.73 Å². The van der Waals surface area contributed by atoms with Gasteiger partial charge in [0.2, 0.25) is 0 Å². The van der Waals surface area contributed by atoms with Crippen LogP contribution in [0.25, 0.3) is 11.1 Å². The molecule has 0 unspecified atom stereocenters. The summed E-state index contributed by atoms with van der Waals surface area (Å²) in [6, 6.07) is 10.4. The maximum Gasteiger partial charge on any atom is 0.142 e. The van der Waals surface area contributed by atoms with E-state index in [-0.39, 0.29) is 0 Å². The highest BCUT2D eigenvalue weighted by atomic mass is 14.9. The zero-order valence-electron chi connectivity index (χ0n) is 10.9. The number of nitrogens with two attached hydrogens (primary N) is 1. The number of pyridine rings is 1. The summed E-state index contributed by atoms with van der Waals surface area (Å²) in [5.41, 5.74) is 12.0. The van der Waals surface area contributed by atoms with E-state index in [2.05, 4.69) is 30.1 Å². The van der Waals surface area contributed by atoms with Crippen LogP contribution in [0.15, 0.2) is 24.3 Å². The molecule has 0 atom stereocenters. The van der Waals surface area contributed by atoms with Gasteiger partial charge in [-0.1, -0.05) is 29.8 Å². The van der Waals surface area contributed by atoms with Gasteiger partial charge in [0, 0.05) is 11.3 Å². The van der Waals surface area contributed by atoms with Gasteiger partial charge in [0.1, 0.15) is 17.5 Å². The van der Waals surface area contributed by atoms with Crippen LogP contribution in [0.5, 0.6) is 0 Å². The quantitative estimate of drug-likeness (QED) is 0.845. The maximum atomic E-state index is 9.39. The van der Waals surface area contributed by atoms with Crippen LogP contribution in [0.4, 0.5) is 5.82 Å². The fraction of sp³-hybridized carbons (Fsp3) is 0.250. The Balaban J connectivity index is 2.34. The van der Waals surface area contributed by atoms with Gasteiger partial charge in [-0.2, -0.15) is 5.26 Å². The lowest BCUT2D eigenvalue weighted by atomic mass is 9.94. The fourth-order valence-electron chi connectivity index (χ4n) is 2.83. The number of benzene rings is 1. The topological polar surface area (TPSA) is 62.7 Å². The minimum atomic E-state index is 0.361. The van der Waals surface area contributed by atoms with Gasteiger partial charge in [-0.05, 0) is 37.3 Å². The summed E-state index contributed by atoms with van der Waals surface area (Å²) in [6.07, 6.45) is 3.04. The van der Waals surface area contributed by atoms with Gasteiger partial charge in [-0.25, -0.2) is 4.98 Å². The van der Waals surface area contributed by atoms with Crippen molar-refractivity contribution in [3.63, 3.8) is 0 Å². The summed E-state index contributed by atoms with van der Waals surface area (Å²) in [7, 11) is 0. The Morgan fingerprint density at radius 1 is 1.32 bits per heavy atom. The van der Waals surface area contributed by atoms with Crippen LogP contribution in [0.1, 0.15) is 28.8 Å². The molecular weight excluding hydrogens is 234 g/mol. The molecule has 3 heteroatoms. The predicted octanol–water partition coefficient (Wildman–Crippen LogP) is 3.00. The summed E-state index contributed by atoms with van der Waals surface area (Å²) in [6.45, 7) is 2.06. The molecule has 0 saturated heterocycles. The molecule has 2 aromatic rings.